The van der Waals surface area contributed by atoms with Crippen LogP contribution in [0.4, 0.5) is 22.0 Å². The number of benzene rings is 1. The molecule has 4 nitrogen and oxygen atoms in total. The van der Waals surface area contributed by atoms with Gasteiger partial charge in [0.05, 0.1) is 0 Å². The average molecular weight is 289 g/mol. The van der Waals surface area contributed by atoms with Crippen LogP contribution in [-0.4, -0.2) is 12.7 Å². The van der Waals surface area contributed by atoms with E-state index in [1.165, 1.54) is 6.26 Å². The van der Waals surface area contributed by atoms with Crippen LogP contribution in [0.5, 0.6) is 5.75 Å². The van der Waals surface area contributed by atoms with Gasteiger partial charge in [0, 0.05) is 18.3 Å². The Balaban J connectivity index is 2.93. The number of hydrogen-bond acceptors (Lipinski definition) is 5. The highest BCUT2D eigenvalue weighted by Crippen LogP contribution is 2.28. The molecule has 0 spiro atoms. The van der Waals surface area contributed by atoms with Crippen molar-refractivity contribution < 1.29 is 36.0 Å². The van der Waals surface area contributed by atoms with Crippen molar-refractivity contribution in [3.8, 4) is 5.75 Å². The first-order chi connectivity index (χ1) is 8.50. The van der Waals surface area contributed by atoms with E-state index in [-0.39, 0.29) is 0 Å². The molecule has 0 aliphatic heterocycles. The van der Waals surface area contributed by atoms with Gasteiger partial charge in [0.2, 0.25) is 41.2 Å². The van der Waals surface area contributed by atoms with E-state index in [1.54, 1.807) is 0 Å². The fourth-order valence-electron chi connectivity index (χ4n) is 0.828. The Morgan fingerprint density at radius 2 is 1.44 bits per heavy atom. The maximum Gasteiger partial charge on any atom is 0.222 e. The van der Waals surface area contributed by atoms with Crippen LogP contribution >= 0.6 is 12.0 Å². The zero-order chi connectivity index (χ0) is 13.7. The Labute approximate surface area is 101 Å². The third-order valence-corrected chi connectivity index (χ3v) is 1.72. The predicted molar refractivity (Wildman–Crippen MR) is 51.0 cm³/mol. The van der Waals surface area contributed by atoms with E-state index in [0.29, 0.717) is 6.40 Å². The summed E-state index contributed by atoms with van der Waals surface area (Å²) in [7, 11) is 0. The van der Waals surface area contributed by atoms with Crippen molar-refractivity contribution in [1.29, 1.82) is 0 Å². The molecule has 0 fully saturated rings. The Hall–Kier alpha value is -1.55. The lowest BCUT2D eigenvalue weighted by Crippen LogP contribution is -2.06. The predicted octanol–water partition coefficient (Wildman–Crippen LogP) is 2.93. The second kappa shape index (κ2) is 6.40. The summed E-state index contributed by atoms with van der Waals surface area (Å²) >= 11 is 0.752. The van der Waals surface area contributed by atoms with E-state index in [2.05, 4.69) is 19.2 Å². The minimum atomic E-state index is -2.28. The van der Waals surface area contributed by atoms with Crippen LogP contribution in [-0.2, 0) is 9.32 Å². The first-order valence-corrected chi connectivity index (χ1v) is 5.22. The summed E-state index contributed by atoms with van der Waals surface area (Å²) in [6.45, 7) is 0. The molecule has 0 aromatic heterocycles. The van der Waals surface area contributed by atoms with Crippen molar-refractivity contribution >= 4 is 18.4 Å². The van der Waals surface area contributed by atoms with Gasteiger partial charge in [-0.25, -0.2) is 18.2 Å². The normalized spacial score (nSPS) is 11.0. The maximum absolute atomic E-state index is 13.0. The molecule has 0 amide bonds. The summed E-state index contributed by atoms with van der Waals surface area (Å²) in [4.78, 5) is 3.97. The quantitative estimate of drug-likeness (QED) is 0.0961. The van der Waals surface area contributed by atoms with E-state index in [1.807, 2.05) is 0 Å². The van der Waals surface area contributed by atoms with Gasteiger partial charge in [0.15, 0.2) is 0 Å². The highest BCUT2D eigenvalue weighted by molar-refractivity contribution is 7.93. The van der Waals surface area contributed by atoms with Crippen LogP contribution in [0.3, 0.4) is 0 Å². The van der Waals surface area contributed by atoms with E-state index >= 15 is 0 Å². The lowest BCUT2D eigenvalue weighted by molar-refractivity contribution is -0.190. The van der Waals surface area contributed by atoms with Gasteiger partial charge in [-0.3, -0.25) is 0 Å². The SMILES string of the molecule is CSOON=COc1c(F)c(F)c(F)c(F)c1F. The topological polar surface area (TPSA) is 40.0 Å². The summed E-state index contributed by atoms with van der Waals surface area (Å²) in [5, 5.41) is 2.86. The summed E-state index contributed by atoms with van der Waals surface area (Å²) in [5.74, 6) is -12.3. The zero-order valence-corrected chi connectivity index (χ0v) is 9.36. The second-order valence-corrected chi connectivity index (χ2v) is 3.01. The van der Waals surface area contributed by atoms with Crippen molar-refractivity contribution in [2.75, 3.05) is 6.26 Å². The first-order valence-electron chi connectivity index (χ1n) is 4.07. The summed E-state index contributed by atoms with van der Waals surface area (Å²) < 4.78 is 72.3. The fraction of sp³-hybridized carbons (Fsp3) is 0.125. The molecule has 0 atom stereocenters. The molecule has 0 radical (unpaired) electrons. The van der Waals surface area contributed by atoms with Crippen LogP contribution in [0, 0.1) is 29.1 Å². The van der Waals surface area contributed by atoms with Crippen LogP contribution in [0.15, 0.2) is 5.16 Å². The molecule has 0 heterocycles. The zero-order valence-electron chi connectivity index (χ0n) is 8.55. The average Bonchev–Trinajstić information content (AvgIpc) is 2.37. The Kier molecular flexibility index (Phi) is 5.16. The van der Waals surface area contributed by atoms with Crippen molar-refractivity contribution in [3.05, 3.63) is 29.1 Å². The van der Waals surface area contributed by atoms with Crippen LogP contribution in [0.25, 0.3) is 0 Å². The van der Waals surface area contributed by atoms with Gasteiger partial charge in [-0.05, 0) is 5.16 Å². The van der Waals surface area contributed by atoms with E-state index < -0.39 is 34.8 Å². The summed E-state index contributed by atoms with van der Waals surface area (Å²) in [6.07, 6.45) is 1.77. The van der Waals surface area contributed by atoms with Gasteiger partial charge in [-0.2, -0.15) is 8.78 Å². The van der Waals surface area contributed by atoms with Crippen LogP contribution < -0.4 is 4.74 Å². The molecular formula is C8H4F5NO3S. The van der Waals surface area contributed by atoms with Crippen molar-refractivity contribution in [2.45, 2.75) is 0 Å². The second-order valence-electron chi connectivity index (χ2n) is 2.54. The van der Waals surface area contributed by atoms with Gasteiger partial charge < -0.3 is 4.74 Å². The van der Waals surface area contributed by atoms with Crippen molar-refractivity contribution in [2.24, 2.45) is 5.16 Å². The lowest BCUT2D eigenvalue weighted by Gasteiger charge is -2.05. The number of halogens is 5. The third-order valence-electron chi connectivity index (χ3n) is 1.52. The third kappa shape index (κ3) is 3.01. The van der Waals surface area contributed by atoms with Crippen molar-refractivity contribution in [1.82, 2.24) is 0 Å². The van der Waals surface area contributed by atoms with E-state index in [0.717, 1.165) is 12.0 Å². The van der Waals surface area contributed by atoms with Crippen LogP contribution in [0.1, 0.15) is 0 Å². The van der Waals surface area contributed by atoms with Crippen LogP contribution in [0.2, 0.25) is 0 Å². The van der Waals surface area contributed by atoms with Gasteiger partial charge in [-0.15, -0.1) is 0 Å². The molecule has 18 heavy (non-hydrogen) atoms. The largest absolute Gasteiger partial charge is 0.436 e. The summed E-state index contributed by atoms with van der Waals surface area (Å²) in [6, 6.07) is 0. The Morgan fingerprint density at radius 3 is 1.94 bits per heavy atom. The molecular weight excluding hydrogens is 285 g/mol. The van der Waals surface area contributed by atoms with Crippen molar-refractivity contribution in [3.63, 3.8) is 0 Å². The number of ether oxygens (including phenoxy) is 1. The van der Waals surface area contributed by atoms with Gasteiger partial charge in [0.25, 0.3) is 0 Å². The minimum Gasteiger partial charge on any atom is -0.436 e. The first kappa shape index (κ1) is 14.5. The molecule has 1 aromatic rings. The Morgan fingerprint density at radius 1 is 0.944 bits per heavy atom. The highest BCUT2D eigenvalue weighted by Gasteiger charge is 2.26. The van der Waals surface area contributed by atoms with E-state index in [9.17, 15) is 22.0 Å². The highest BCUT2D eigenvalue weighted by atomic mass is 32.2. The smallest absolute Gasteiger partial charge is 0.222 e. The molecule has 10 heteroatoms. The molecule has 1 aromatic carbocycles. The molecule has 0 aliphatic rings. The van der Waals surface area contributed by atoms with Gasteiger partial charge in [0.1, 0.15) is 0 Å². The molecule has 0 N–H and O–H groups in total. The van der Waals surface area contributed by atoms with E-state index in [4.69, 9.17) is 0 Å². The molecule has 100 valence electrons. The minimum absolute atomic E-state index is 0.300. The molecule has 0 bridgehead atoms. The number of nitrogens with zero attached hydrogens (tertiary/aromatic N) is 1. The number of rotatable bonds is 5. The Bertz CT molecular complexity index is 442. The van der Waals surface area contributed by atoms with Gasteiger partial charge >= 0.3 is 0 Å². The molecule has 0 saturated heterocycles. The van der Waals surface area contributed by atoms with Gasteiger partial charge in [-0.1, -0.05) is 4.33 Å². The molecule has 0 aliphatic carbocycles. The number of oxime groups is 1. The maximum atomic E-state index is 13.0. The molecule has 1 rings (SSSR count). The standard InChI is InChI=1S/C8H4F5NO3S/c1-18-17-16-14-2-15-8-6(12)4(10)3(9)5(11)7(8)13/h2H,1H3. The molecule has 0 unspecified atom stereocenters. The molecule has 0 saturated carbocycles. The summed E-state index contributed by atoms with van der Waals surface area (Å²) in [5.41, 5.74) is 0. The lowest BCUT2D eigenvalue weighted by atomic mass is 10.3. The number of hydrogen-bond donors (Lipinski definition) is 0. The monoisotopic (exact) mass is 289 g/mol. The fourth-order valence-corrected chi connectivity index (χ4v) is 0.924.